The molecule has 2 aromatic rings. The molecule has 3 rings (SSSR count). The number of rotatable bonds is 7. The number of nitrogens with zero attached hydrogens (tertiary/aromatic N) is 3. The Morgan fingerprint density at radius 3 is 2.16 bits per heavy atom. The SMILES string of the molecule is CCN1CCN(Cc2ccccc2CNC(=NC)NCc2cc(F)ccc2F)CC1.I. The number of benzene rings is 2. The van der Waals surface area contributed by atoms with Crippen LogP contribution >= 0.6 is 24.0 Å². The topological polar surface area (TPSA) is 42.9 Å². The molecule has 1 aliphatic rings. The normalized spacial score (nSPS) is 15.4. The van der Waals surface area contributed by atoms with Crippen LogP contribution in [0.25, 0.3) is 0 Å². The lowest BCUT2D eigenvalue weighted by atomic mass is 10.1. The fourth-order valence-corrected chi connectivity index (χ4v) is 3.65. The Balaban J connectivity index is 0.00000341. The predicted octanol–water partition coefficient (Wildman–Crippen LogP) is 3.59. The molecule has 1 aliphatic heterocycles. The molecule has 0 aromatic heterocycles. The van der Waals surface area contributed by atoms with Gasteiger partial charge < -0.3 is 15.5 Å². The largest absolute Gasteiger partial charge is 0.352 e. The van der Waals surface area contributed by atoms with Crippen molar-refractivity contribution in [1.29, 1.82) is 0 Å². The van der Waals surface area contributed by atoms with Gasteiger partial charge in [0, 0.05) is 58.4 Å². The zero-order valence-corrected chi connectivity index (χ0v) is 20.5. The Bertz CT molecular complexity index is 854. The van der Waals surface area contributed by atoms with Crippen LogP contribution in [0.5, 0.6) is 0 Å². The van der Waals surface area contributed by atoms with Crippen molar-refractivity contribution in [3.05, 3.63) is 70.8 Å². The molecule has 31 heavy (non-hydrogen) atoms. The maximum Gasteiger partial charge on any atom is 0.191 e. The minimum absolute atomic E-state index is 0. The van der Waals surface area contributed by atoms with Gasteiger partial charge >= 0.3 is 0 Å². The first-order chi connectivity index (χ1) is 14.6. The predicted molar refractivity (Wildman–Crippen MR) is 133 cm³/mol. The highest BCUT2D eigenvalue weighted by Gasteiger charge is 2.16. The van der Waals surface area contributed by atoms with Crippen LogP contribution in [0, 0.1) is 11.6 Å². The lowest BCUT2D eigenvalue weighted by Gasteiger charge is -2.34. The summed E-state index contributed by atoms with van der Waals surface area (Å²) in [6.07, 6.45) is 0. The number of likely N-dealkylation sites (N-methyl/N-ethyl adjacent to an activating group) is 1. The zero-order valence-electron chi connectivity index (χ0n) is 18.2. The van der Waals surface area contributed by atoms with Crippen LogP contribution in [0.2, 0.25) is 0 Å². The zero-order chi connectivity index (χ0) is 21.3. The molecule has 0 unspecified atom stereocenters. The molecule has 5 nitrogen and oxygen atoms in total. The molecular weight excluding hydrogens is 511 g/mol. The summed E-state index contributed by atoms with van der Waals surface area (Å²) in [6, 6.07) is 11.8. The lowest BCUT2D eigenvalue weighted by molar-refractivity contribution is 0.131. The molecule has 0 spiro atoms. The van der Waals surface area contributed by atoms with Crippen molar-refractivity contribution in [1.82, 2.24) is 20.4 Å². The van der Waals surface area contributed by atoms with E-state index in [9.17, 15) is 8.78 Å². The summed E-state index contributed by atoms with van der Waals surface area (Å²) < 4.78 is 27.2. The summed E-state index contributed by atoms with van der Waals surface area (Å²) in [5.41, 5.74) is 2.77. The van der Waals surface area contributed by atoms with Gasteiger partial charge in [0.15, 0.2) is 5.96 Å². The van der Waals surface area contributed by atoms with Crippen molar-refractivity contribution in [3.63, 3.8) is 0 Å². The van der Waals surface area contributed by atoms with Gasteiger partial charge in [-0.05, 0) is 35.9 Å². The first-order valence-electron chi connectivity index (χ1n) is 10.5. The summed E-state index contributed by atoms with van der Waals surface area (Å²) in [7, 11) is 1.66. The number of hydrogen-bond acceptors (Lipinski definition) is 3. The van der Waals surface area contributed by atoms with Crippen LogP contribution in [0.1, 0.15) is 23.6 Å². The Kier molecular flexibility index (Phi) is 10.6. The highest BCUT2D eigenvalue weighted by molar-refractivity contribution is 14.0. The Morgan fingerprint density at radius 2 is 1.52 bits per heavy atom. The van der Waals surface area contributed by atoms with E-state index in [0.29, 0.717) is 12.5 Å². The molecule has 0 aliphatic carbocycles. The van der Waals surface area contributed by atoms with E-state index in [1.807, 2.05) is 6.07 Å². The molecule has 1 saturated heterocycles. The molecule has 0 amide bonds. The smallest absolute Gasteiger partial charge is 0.191 e. The van der Waals surface area contributed by atoms with Crippen molar-refractivity contribution < 1.29 is 8.78 Å². The van der Waals surface area contributed by atoms with Crippen molar-refractivity contribution in [2.24, 2.45) is 4.99 Å². The second kappa shape index (κ2) is 12.9. The molecule has 2 N–H and O–H groups in total. The van der Waals surface area contributed by atoms with E-state index in [2.05, 4.69) is 50.5 Å². The van der Waals surface area contributed by atoms with Crippen LogP contribution in [-0.2, 0) is 19.6 Å². The molecule has 1 heterocycles. The minimum atomic E-state index is -0.454. The molecular formula is C23H32F2IN5. The van der Waals surface area contributed by atoms with Crippen LogP contribution < -0.4 is 10.6 Å². The van der Waals surface area contributed by atoms with Crippen molar-refractivity contribution in [2.75, 3.05) is 39.8 Å². The van der Waals surface area contributed by atoms with Crippen LogP contribution in [0.15, 0.2) is 47.5 Å². The first kappa shape index (κ1) is 25.5. The molecule has 0 atom stereocenters. The number of hydrogen-bond donors (Lipinski definition) is 2. The van der Waals surface area contributed by atoms with Crippen LogP contribution in [0.3, 0.4) is 0 Å². The van der Waals surface area contributed by atoms with Gasteiger partial charge in [0.2, 0.25) is 0 Å². The number of aliphatic imine (C=N–C) groups is 1. The van der Waals surface area contributed by atoms with E-state index < -0.39 is 11.6 Å². The summed E-state index contributed by atoms with van der Waals surface area (Å²) in [4.78, 5) is 9.16. The lowest BCUT2D eigenvalue weighted by Crippen LogP contribution is -2.45. The molecule has 1 fully saturated rings. The molecule has 0 bridgehead atoms. The van der Waals surface area contributed by atoms with E-state index in [0.717, 1.165) is 51.4 Å². The van der Waals surface area contributed by atoms with Crippen LogP contribution in [-0.4, -0.2) is 55.5 Å². The van der Waals surface area contributed by atoms with Gasteiger partial charge in [0.1, 0.15) is 11.6 Å². The number of nitrogens with one attached hydrogen (secondary N) is 2. The Hall–Kier alpha value is -1.78. The second-order valence-electron chi connectivity index (χ2n) is 7.49. The van der Waals surface area contributed by atoms with E-state index in [4.69, 9.17) is 0 Å². The van der Waals surface area contributed by atoms with E-state index >= 15 is 0 Å². The number of halogens is 3. The maximum atomic E-state index is 13.8. The van der Waals surface area contributed by atoms with E-state index in [1.165, 1.54) is 17.2 Å². The van der Waals surface area contributed by atoms with Crippen molar-refractivity contribution >= 4 is 29.9 Å². The fourth-order valence-electron chi connectivity index (χ4n) is 3.65. The Morgan fingerprint density at radius 1 is 0.903 bits per heavy atom. The van der Waals surface area contributed by atoms with E-state index in [1.54, 1.807) is 7.05 Å². The van der Waals surface area contributed by atoms with Gasteiger partial charge in [0.05, 0.1) is 0 Å². The highest BCUT2D eigenvalue weighted by atomic mass is 127. The molecule has 2 aromatic carbocycles. The third-order valence-electron chi connectivity index (χ3n) is 5.55. The molecule has 170 valence electrons. The van der Waals surface area contributed by atoms with Gasteiger partial charge in [-0.25, -0.2) is 8.78 Å². The van der Waals surface area contributed by atoms with Gasteiger partial charge in [-0.3, -0.25) is 9.89 Å². The standard InChI is InChI=1S/C23H31F2N5.HI/c1-3-29-10-12-30(13-11-29)17-19-7-5-4-6-18(19)15-27-23(26-2)28-16-20-14-21(24)8-9-22(20)25;/h4-9,14H,3,10-13,15-17H2,1-2H3,(H2,26,27,28);1H. The third-order valence-corrected chi connectivity index (χ3v) is 5.55. The van der Waals surface area contributed by atoms with Gasteiger partial charge in [-0.2, -0.15) is 0 Å². The second-order valence-corrected chi connectivity index (χ2v) is 7.49. The average Bonchev–Trinajstić information content (AvgIpc) is 2.77. The highest BCUT2D eigenvalue weighted by Crippen LogP contribution is 2.14. The summed E-state index contributed by atoms with van der Waals surface area (Å²) in [6.45, 7) is 9.41. The minimum Gasteiger partial charge on any atom is -0.352 e. The number of piperazine rings is 1. The summed E-state index contributed by atoms with van der Waals surface area (Å²) >= 11 is 0. The molecule has 0 saturated carbocycles. The van der Waals surface area contributed by atoms with Crippen LogP contribution in [0.4, 0.5) is 8.78 Å². The maximum absolute atomic E-state index is 13.8. The average molecular weight is 543 g/mol. The van der Waals surface area contributed by atoms with Crippen molar-refractivity contribution in [3.8, 4) is 0 Å². The quantitative estimate of drug-likeness (QED) is 0.319. The van der Waals surface area contributed by atoms with Gasteiger partial charge in [0.25, 0.3) is 0 Å². The molecule has 0 radical (unpaired) electrons. The molecule has 8 heteroatoms. The summed E-state index contributed by atoms with van der Waals surface area (Å²) in [5, 5.41) is 6.33. The van der Waals surface area contributed by atoms with Gasteiger partial charge in [-0.15, -0.1) is 24.0 Å². The van der Waals surface area contributed by atoms with Gasteiger partial charge in [-0.1, -0.05) is 31.2 Å². The number of guanidine groups is 1. The van der Waals surface area contributed by atoms with Crippen molar-refractivity contribution in [2.45, 2.75) is 26.6 Å². The monoisotopic (exact) mass is 543 g/mol. The van der Waals surface area contributed by atoms with E-state index in [-0.39, 0.29) is 36.1 Å². The fraction of sp³-hybridized carbons (Fsp3) is 0.435. The first-order valence-corrected chi connectivity index (χ1v) is 10.5. The third kappa shape index (κ3) is 7.69. The summed E-state index contributed by atoms with van der Waals surface area (Å²) in [5.74, 6) is -0.345. The Labute approximate surface area is 200 Å².